The maximum atomic E-state index is 11.3. The van der Waals surface area contributed by atoms with E-state index >= 15 is 0 Å². The first kappa shape index (κ1) is 11.2. The van der Waals surface area contributed by atoms with Crippen LogP contribution in [0.3, 0.4) is 0 Å². The van der Waals surface area contributed by atoms with Gasteiger partial charge in [0.05, 0.1) is 17.9 Å². The average Bonchev–Trinajstić information content (AvgIpc) is 2.96. The topological polar surface area (TPSA) is 77.5 Å². The molecule has 2 rings (SSSR count). The molecular formula is C11H16N2O3. The number of hydrazine groups is 1. The summed E-state index contributed by atoms with van der Waals surface area (Å²) in [5.74, 6) is 5.26. The standard InChI is InChI=1S/C11H16N2O3/c12-13-11(14)9-5-6-15-10(9)7-16-8-3-1-2-4-8/h5-6,8H,1-4,7,12H2,(H,13,14). The summed E-state index contributed by atoms with van der Waals surface area (Å²) in [6.45, 7) is 0.334. The highest BCUT2D eigenvalue weighted by Crippen LogP contribution is 2.23. The second-order valence-electron chi connectivity index (χ2n) is 3.95. The molecule has 0 aromatic carbocycles. The first-order valence-electron chi connectivity index (χ1n) is 5.50. The third-order valence-corrected chi connectivity index (χ3v) is 2.87. The Morgan fingerprint density at radius 3 is 3.00 bits per heavy atom. The zero-order valence-electron chi connectivity index (χ0n) is 9.07. The maximum absolute atomic E-state index is 11.3. The van der Waals surface area contributed by atoms with E-state index in [9.17, 15) is 4.79 Å². The van der Waals surface area contributed by atoms with Crippen molar-refractivity contribution < 1.29 is 13.9 Å². The molecule has 0 unspecified atom stereocenters. The van der Waals surface area contributed by atoms with E-state index in [-0.39, 0.29) is 5.91 Å². The van der Waals surface area contributed by atoms with Crippen LogP contribution in [-0.2, 0) is 11.3 Å². The fourth-order valence-electron chi connectivity index (χ4n) is 1.98. The van der Waals surface area contributed by atoms with Crippen LogP contribution >= 0.6 is 0 Å². The zero-order valence-corrected chi connectivity index (χ0v) is 9.07. The van der Waals surface area contributed by atoms with Gasteiger partial charge < -0.3 is 9.15 Å². The fourth-order valence-corrected chi connectivity index (χ4v) is 1.98. The van der Waals surface area contributed by atoms with Crippen LogP contribution in [0.25, 0.3) is 0 Å². The lowest BCUT2D eigenvalue weighted by Crippen LogP contribution is -2.30. The van der Waals surface area contributed by atoms with Crippen LogP contribution in [0.4, 0.5) is 0 Å². The molecule has 0 spiro atoms. The average molecular weight is 224 g/mol. The van der Waals surface area contributed by atoms with Gasteiger partial charge >= 0.3 is 0 Å². The van der Waals surface area contributed by atoms with Crippen molar-refractivity contribution in [2.24, 2.45) is 5.84 Å². The number of furan rings is 1. The van der Waals surface area contributed by atoms with Crippen molar-refractivity contribution >= 4 is 5.91 Å². The van der Waals surface area contributed by atoms with Crippen LogP contribution in [0, 0.1) is 0 Å². The third-order valence-electron chi connectivity index (χ3n) is 2.87. The minimum atomic E-state index is -0.348. The SMILES string of the molecule is NNC(=O)c1ccoc1COC1CCCC1. The van der Waals surface area contributed by atoms with Crippen LogP contribution in [0.2, 0.25) is 0 Å². The molecule has 0 radical (unpaired) electrons. The van der Waals surface area contributed by atoms with Gasteiger partial charge in [-0.2, -0.15) is 0 Å². The van der Waals surface area contributed by atoms with E-state index < -0.39 is 0 Å². The van der Waals surface area contributed by atoms with E-state index in [1.165, 1.54) is 19.1 Å². The summed E-state index contributed by atoms with van der Waals surface area (Å²) >= 11 is 0. The molecule has 1 aromatic heterocycles. The fraction of sp³-hybridized carbons (Fsp3) is 0.545. The van der Waals surface area contributed by atoms with Gasteiger partial charge in [0.15, 0.2) is 0 Å². The summed E-state index contributed by atoms with van der Waals surface area (Å²) < 4.78 is 10.9. The maximum Gasteiger partial charge on any atom is 0.268 e. The molecular weight excluding hydrogens is 208 g/mol. The highest BCUT2D eigenvalue weighted by molar-refractivity contribution is 5.94. The van der Waals surface area contributed by atoms with Crippen LogP contribution in [0.5, 0.6) is 0 Å². The molecule has 1 aromatic rings. The van der Waals surface area contributed by atoms with Crippen molar-refractivity contribution in [2.45, 2.75) is 38.4 Å². The number of ether oxygens (including phenoxy) is 1. The largest absolute Gasteiger partial charge is 0.466 e. The number of hydrogen-bond donors (Lipinski definition) is 2. The molecule has 0 aliphatic heterocycles. The Morgan fingerprint density at radius 1 is 1.56 bits per heavy atom. The van der Waals surface area contributed by atoms with E-state index in [1.807, 2.05) is 0 Å². The van der Waals surface area contributed by atoms with E-state index in [0.29, 0.717) is 24.0 Å². The number of hydrogen-bond acceptors (Lipinski definition) is 4. The Balaban J connectivity index is 1.93. The van der Waals surface area contributed by atoms with Crippen LogP contribution < -0.4 is 11.3 Å². The molecule has 5 heteroatoms. The van der Waals surface area contributed by atoms with Gasteiger partial charge in [-0.25, -0.2) is 5.84 Å². The first-order chi connectivity index (χ1) is 7.81. The van der Waals surface area contributed by atoms with E-state index in [2.05, 4.69) is 5.43 Å². The van der Waals surface area contributed by atoms with Crippen molar-refractivity contribution in [2.75, 3.05) is 0 Å². The quantitative estimate of drug-likeness (QED) is 0.459. The molecule has 1 fully saturated rings. The molecule has 0 bridgehead atoms. The first-order valence-corrected chi connectivity index (χ1v) is 5.50. The number of nitrogens with two attached hydrogens (primary N) is 1. The predicted octanol–water partition coefficient (Wildman–Crippen LogP) is 1.34. The van der Waals surface area contributed by atoms with Crippen molar-refractivity contribution in [1.29, 1.82) is 0 Å². The lowest BCUT2D eigenvalue weighted by Gasteiger charge is -2.10. The van der Waals surface area contributed by atoms with Crippen molar-refractivity contribution in [3.05, 3.63) is 23.7 Å². The van der Waals surface area contributed by atoms with E-state index in [1.54, 1.807) is 6.07 Å². The van der Waals surface area contributed by atoms with Gasteiger partial charge in [0.1, 0.15) is 12.4 Å². The monoisotopic (exact) mass is 224 g/mol. The molecule has 1 heterocycles. The molecule has 5 nitrogen and oxygen atoms in total. The minimum absolute atomic E-state index is 0.305. The molecule has 16 heavy (non-hydrogen) atoms. The lowest BCUT2D eigenvalue weighted by molar-refractivity contribution is 0.0350. The summed E-state index contributed by atoms with van der Waals surface area (Å²) in [6, 6.07) is 1.59. The highest BCUT2D eigenvalue weighted by Gasteiger charge is 2.18. The number of nitrogen functional groups attached to an aromatic ring is 1. The number of carbonyl (C=O) groups is 1. The second kappa shape index (κ2) is 5.14. The molecule has 3 N–H and O–H groups in total. The van der Waals surface area contributed by atoms with Gasteiger partial charge in [-0.1, -0.05) is 12.8 Å². The molecule has 1 saturated carbocycles. The van der Waals surface area contributed by atoms with E-state index in [4.69, 9.17) is 15.0 Å². The Hall–Kier alpha value is -1.33. The van der Waals surface area contributed by atoms with Gasteiger partial charge in [0.2, 0.25) is 0 Å². The zero-order chi connectivity index (χ0) is 11.4. The molecule has 0 atom stereocenters. The molecule has 0 saturated heterocycles. The third kappa shape index (κ3) is 2.43. The van der Waals surface area contributed by atoms with Gasteiger partial charge in [-0.15, -0.1) is 0 Å². The Morgan fingerprint density at radius 2 is 2.31 bits per heavy atom. The predicted molar refractivity (Wildman–Crippen MR) is 57.4 cm³/mol. The summed E-state index contributed by atoms with van der Waals surface area (Å²) in [5, 5.41) is 0. The smallest absolute Gasteiger partial charge is 0.268 e. The summed E-state index contributed by atoms with van der Waals surface area (Å²) in [7, 11) is 0. The van der Waals surface area contributed by atoms with Crippen molar-refractivity contribution in [3.8, 4) is 0 Å². The number of nitrogens with one attached hydrogen (secondary N) is 1. The minimum Gasteiger partial charge on any atom is -0.466 e. The van der Waals surface area contributed by atoms with Crippen LogP contribution in [0.15, 0.2) is 16.7 Å². The number of carbonyl (C=O) groups excluding carboxylic acids is 1. The second-order valence-corrected chi connectivity index (χ2v) is 3.95. The van der Waals surface area contributed by atoms with Gasteiger partial charge in [0, 0.05) is 0 Å². The summed E-state index contributed by atoms with van der Waals surface area (Å²) in [6.07, 6.45) is 6.41. The molecule has 88 valence electrons. The molecule has 1 aliphatic carbocycles. The normalized spacial score (nSPS) is 16.6. The van der Waals surface area contributed by atoms with E-state index in [0.717, 1.165) is 12.8 Å². The van der Waals surface area contributed by atoms with Gasteiger partial charge in [0.25, 0.3) is 5.91 Å². The van der Waals surface area contributed by atoms with Crippen LogP contribution in [0.1, 0.15) is 41.8 Å². The molecule has 1 aliphatic rings. The van der Waals surface area contributed by atoms with Crippen molar-refractivity contribution in [1.82, 2.24) is 5.43 Å². The number of amides is 1. The number of rotatable bonds is 4. The Kier molecular flexibility index (Phi) is 3.58. The Labute approximate surface area is 93.9 Å². The highest BCUT2D eigenvalue weighted by atomic mass is 16.5. The van der Waals surface area contributed by atoms with Crippen LogP contribution in [-0.4, -0.2) is 12.0 Å². The van der Waals surface area contributed by atoms with Gasteiger partial charge in [-0.3, -0.25) is 10.2 Å². The summed E-state index contributed by atoms with van der Waals surface area (Å²) in [4.78, 5) is 11.3. The molecule has 1 amide bonds. The Bertz CT molecular complexity index is 356. The van der Waals surface area contributed by atoms with Gasteiger partial charge in [-0.05, 0) is 18.9 Å². The lowest BCUT2D eigenvalue weighted by atomic mass is 10.2. The summed E-state index contributed by atoms with van der Waals surface area (Å²) in [5.41, 5.74) is 2.53. The van der Waals surface area contributed by atoms with Crippen molar-refractivity contribution in [3.63, 3.8) is 0 Å².